The second-order valence-corrected chi connectivity index (χ2v) is 3.91. The van der Waals surface area contributed by atoms with Gasteiger partial charge in [0.2, 0.25) is 0 Å². The first-order chi connectivity index (χ1) is 6.49. The number of halogens is 1. The van der Waals surface area contributed by atoms with E-state index in [1.54, 1.807) is 0 Å². The molecule has 14 heavy (non-hydrogen) atoms. The third-order valence-corrected chi connectivity index (χ3v) is 2.46. The molecular formula is C10H15ClN2O. The molecule has 0 saturated heterocycles. The van der Waals surface area contributed by atoms with E-state index in [9.17, 15) is 4.79 Å². The van der Waals surface area contributed by atoms with E-state index in [0.717, 1.165) is 11.4 Å². The van der Waals surface area contributed by atoms with Gasteiger partial charge in [-0.3, -0.25) is 9.48 Å². The van der Waals surface area contributed by atoms with Gasteiger partial charge in [-0.2, -0.15) is 5.10 Å². The number of aryl methyl sites for hydroxylation is 1. The van der Waals surface area contributed by atoms with Crippen LogP contribution in [0.5, 0.6) is 0 Å². The number of Topliss-reactive ketones (excluding diaryl/α,β-unsaturated/α-hetero) is 1. The van der Waals surface area contributed by atoms with Gasteiger partial charge >= 0.3 is 0 Å². The lowest BCUT2D eigenvalue weighted by atomic mass is 10.1. The number of carbonyl (C=O) groups is 1. The van der Waals surface area contributed by atoms with Crippen LogP contribution in [0.1, 0.15) is 41.6 Å². The molecule has 0 aliphatic rings. The van der Waals surface area contributed by atoms with E-state index in [1.807, 2.05) is 32.4 Å². The number of hydrogen-bond donors (Lipinski definition) is 0. The Bertz CT molecular complexity index is 355. The normalized spacial score (nSPS) is 11.0. The van der Waals surface area contributed by atoms with Crippen LogP contribution in [0.2, 0.25) is 0 Å². The zero-order chi connectivity index (χ0) is 10.9. The maximum Gasteiger partial charge on any atom is 0.181 e. The average molecular weight is 215 g/mol. The van der Waals surface area contributed by atoms with Crippen molar-refractivity contribution in [1.29, 1.82) is 0 Å². The molecule has 0 aromatic carbocycles. The summed E-state index contributed by atoms with van der Waals surface area (Å²) in [5, 5.41) is 4.32. The number of carbonyl (C=O) groups excluding carboxylic acids is 1. The predicted molar refractivity (Wildman–Crippen MR) is 57.1 cm³/mol. The highest BCUT2D eigenvalue weighted by Crippen LogP contribution is 2.17. The molecule has 1 aromatic rings. The maximum atomic E-state index is 11.5. The van der Waals surface area contributed by atoms with Crippen LogP contribution < -0.4 is 0 Å². The van der Waals surface area contributed by atoms with Crippen LogP contribution in [0, 0.1) is 13.8 Å². The van der Waals surface area contributed by atoms with E-state index in [-0.39, 0.29) is 17.7 Å². The fraction of sp³-hybridized carbons (Fsp3) is 0.600. The lowest BCUT2D eigenvalue weighted by molar-refractivity contribution is 0.102. The first kappa shape index (κ1) is 11.2. The van der Waals surface area contributed by atoms with Gasteiger partial charge in [0.15, 0.2) is 5.78 Å². The van der Waals surface area contributed by atoms with E-state index in [1.165, 1.54) is 0 Å². The molecule has 1 rings (SSSR count). The summed E-state index contributed by atoms with van der Waals surface area (Å²) in [5.74, 6) is -0.0283. The monoisotopic (exact) mass is 214 g/mol. The summed E-state index contributed by atoms with van der Waals surface area (Å²) in [4.78, 5) is 11.5. The summed E-state index contributed by atoms with van der Waals surface area (Å²) < 4.78 is 1.86. The van der Waals surface area contributed by atoms with E-state index >= 15 is 0 Å². The maximum absolute atomic E-state index is 11.5. The summed E-state index contributed by atoms with van der Waals surface area (Å²) in [7, 11) is 0. The summed E-state index contributed by atoms with van der Waals surface area (Å²) >= 11 is 5.53. The summed E-state index contributed by atoms with van der Waals surface area (Å²) in [6, 6.07) is 0.269. The topological polar surface area (TPSA) is 34.9 Å². The minimum atomic E-state index is -0.0476. The van der Waals surface area contributed by atoms with Gasteiger partial charge in [0.1, 0.15) is 0 Å². The molecule has 78 valence electrons. The Morgan fingerprint density at radius 2 is 2.07 bits per heavy atom. The molecule has 0 N–H and O–H groups in total. The highest BCUT2D eigenvalue weighted by atomic mass is 35.5. The number of nitrogens with zero attached hydrogens (tertiary/aromatic N) is 2. The van der Waals surface area contributed by atoms with Crippen LogP contribution in [0.15, 0.2) is 0 Å². The Morgan fingerprint density at radius 3 is 2.43 bits per heavy atom. The largest absolute Gasteiger partial charge is 0.293 e. The van der Waals surface area contributed by atoms with Gasteiger partial charge in [-0.25, -0.2) is 0 Å². The third-order valence-electron chi connectivity index (χ3n) is 2.21. The SMILES string of the molecule is Cc1nn(C(C)C)c(C)c1C(=O)CCl. The van der Waals surface area contributed by atoms with Crippen molar-refractivity contribution in [1.82, 2.24) is 9.78 Å². The average Bonchev–Trinajstić information content (AvgIpc) is 2.41. The van der Waals surface area contributed by atoms with Gasteiger partial charge in [-0.1, -0.05) is 0 Å². The molecule has 0 bridgehead atoms. The smallest absolute Gasteiger partial charge is 0.181 e. The predicted octanol–water partition coefficient (Wildman–Crippen LogP) is 2.50. The molecule has 0 fully saturated rings. The van der Waals surface area contributed by atoms with Gasteiger partial charge in [0.05, 0.1) is 17.1 Å². The van der Waals surface area contributed by atoms with Gasteiger partial charge in [-0.05, 0) is 27.7 Å². The molecule has 0 radical (unpaired) electrons. The Balaban J connectivity index is 3.24. The quantitative estimate of drug-likeness (QED) is 0.573. The standard InChI is InChI=1S/C10H15ClN2O/c1-6(2)13-8(4)10(7(3)12-13)9(14)5-11/h6H,5H2,1-4H3. The minimum Gasteiger partial charge on any atom is -0.293 e. The van der Waals surface area contributed by atoms with Crippen LogP contribution in [0.4, 0.5) is 0 Å². The van der Waals surface area contributed by atoms with Crippen molar-refractivity contribution < 1.29 is 4.79 Å². The molecule has 1 aromatic heterocycles. The lowest BCUT2D eigenvalue weighted by Crippen LogP contribution is -2.07. The molecule has 1 heterocycles. The number of alkyl halides is 1. The number of hydrogen-bond acceptors (Lipinski definition) is 2. The molecule has 0 spiro atoms. The van der Waals surface area contributed by atoms with E-state index in [0.29, 0.717) is 5.56 Å². The molecule has 0 amide bonds. The van der Waals surface area contributed by atoms with Crippen molar-refractivity contribution in [2.45, 2.75) is 33.7 Å². The van der Waals surface area contributed by atoms with Crippen molar-refractivity contribution in [2.75, 3.05) is 5.88 Å². The zero-order valence-electron chi connectivity index (χ0n) is 8.97. The number of ketones is 1. The van der Waals surface area contributed by atoms with Gasteiger partial charge in [0.25, 0.3) is 0 Å². The van der Waals surface area contributed by atoms with Crippen molar-refractivity contribution >= 4 is 17.4 Å². The van der Waals surface area contributed by atoms with Crippen LogP contribution in [-0.2, 0) is 0 Å². The zero-order valence-corrected chi connectivity index (χ0v) is 9.72. The molecule has 0 unspecified atom stereocenters. The minimum absolute atomic E-state index is 0.0193. The summed E-state index contributed by atoms with van der Waals surface area (Å²) in [5.41, 5.74) is 2.35. The highest BCUT2D eigenvalue weighted by molar-refractivity contribution is 6.30. The lowest BCUT2D eigenvalue weighted by Gasteiger charge is -2.07. The fourth-order valence-corrected chi connectivity index (χ4v) is 1.77. The number of aromatic nitrogens is 2. The molecule has 0 aliphatic carbocycles. The second kappa shape index (κ2) is 4.13. The van der Waals surface area contributed by atoms with E-state index < -0.39 is 0 Å². The van der Waals surface area contributed by atoms with Gasteiger partial charge in [0, 0.05) is 11.7 Å². The molecule has 0 saturated carbocycles. The Hall–Kier alpha value is -0.830. The van der Waals surface area contributed by atoms with Gasteiger partial charge < -0.3 is 0 Å². The van der Waals surface area contributed by atoms with Crippen molar-refractivity contribution in [2.24, 2.45) is 0 Å². The van der Waals surface area contributed by atoms with E-state index in [4.69, 9.17) is 11.6 Å². The van der Waals surface area contributed by atoms with Crippen LogP contribution in [0.3, 0.4) is 0 Å². The fourth-order valence-electron chi connectivity index (χ4n) is 1.64. The summed E-state index contributed by atoms with van der Waals surface area (Å²) in [6.07, 6.45) is 0. The van der Waals surface area contributed by atoms with Crippen molar-refractivity contribution in [3.63, 3.8) is 0 Å². The van der Waals surface area contributed by atoms with Crippen LogP contribution in [-0.4, -0.2) is 21.4 Å². The number of rotatable bonds is 3. The Kier molecular flexibility index (Phi) is 3.32. The van der Waals surface area contributed by atoms with Crippen molar-refractivity contribution in [3.8, 4) is 0 Å². The Morgan fingerprint density at radius 1 is 1.50 bits per heavy atom. The molecule has 4 heteroatoms. The van der Waals surface area contributed by atoms with Crippen molar-refractivity contribution in [3.05, 3.63) is 17.0 Å². The molecule has 0 aliphatic heterocycles. The molecule has 3 nitrogen and oxygen atoms in total. The molecular weight excluding hydrogens is 200 g/mol. The first-order valence-electron chi connectivity index (χ1n) is 4.64. The highest BCUT2D eigenvalue weighted by Gasteiger charge is 2.18. The first-order valence-corrected chi connectivity index (χ1v) is 5.17. The van der Waals surface area contributed by atoms with Gasteiger partial charge in [-0.15, -0.1) is 11.6 Å². The van der Waals surface area contributed by atoms with Crippen LogP contribution >= 0.6 is 11.6 Å². The Labute approximate surface area is 89.1 Å². The van der Waals surface area contributed by atoms with E-state index in [2.05, 4.69) is 5.10 Å². The summed E-state index contributed by atoms with van der Waals surface area (Å²) in [6.45, 7) is 7.81. The second-order valence-electron chi connectivity index (χ2n) is 3.64. The van der Waals surface area contributed by atoms with Crippen LogP contribution in [0.25, 0.3) is 0 Å². The third kappa shape index (κ3) is 1.82. The molecule has 0 atom stereocenters.